The molecule has 0 spiro atoms. The Balaban J connectivity index is 1.93. The predicted molar refractivity (Wildman–Crippen MR) is 118 cm³/mol. The van der Waals surface area contributed by atoms with Gasteiger partial charge in [0.15, 0.2) is 0 Å². The first-order valence-corrected chi connectivity index (χ1v) is 9.99. The van der Waals surface area contributed by atoms with E-state index in [1.165, 1.54) is 19.1 Å². The molecule has 1 aliphatic rings. The smallest absolute Gasteiger partial charge is 0.295 e. The molecule has 4 rings (SSSR count). The summed E-state index contributed by atoms with van der Waals surface area (Å²) in [5, 5.41) is 11.1. The summed E-state index contributed by atoms with van der Waals surface area (Å²) in [6.45, 7) is 0.134. The van der Waals surface area contributed by atoms with Crippen LogP contribution in [0.25, 0.3) is 5.76 Å². The molecule has 2 heterocycles. The number of likely N-dealkylation sites (tertiary alicyclic amines) is 1. The maximum atomic E-state index is 13.2. The van der Waals surface area contributed by atoms with Crippen LogP contribution < -0.4 is 9.47 Å². The highest BCUT2D eigenvalue weighted by Crippen LogP contribution is 2.44. The summed E-state index contributed by atoms with van der Waals surface area (Å²) < 4.78 is 10.9. The molecular formula is C25H22N2O5. The molecule has 0 bridgehead atoms. The van der Waals surface area contributed by atoms with Crippen LogP contribution in [0, 0.1) is 0 Å². The highest BCUT2D eigenvalue weighted by atomic mass is 16.5. The van der Waals surface area contributed by atoms with Crippen molar-refractivity contribution in [2.24, 2.45) is 0 Å². The van der Waals surface area contributed by atoms with Crippen LogP contribution >= 0.6 is 0 Å². The SMILES string of the molecule is COc1ccc(OC)c(C2C(=C(O)c3ccccc3)C(=O)C(=O)N2Cc2cccnc2)c1. The number of carbonyl (C=O) groups is 2. The Kier molecular flexibility index (Phi) is 5.89. The average Bonchev–Trinajstić information content (AvgIpc) is 3.09. The number of carbonyl (C=O) groups excluding carboxylic acids is 2. The van der Waals surface area contributed by atoms with Gasteiger partial charge in [0, 0.05) is 30.1 Å². The lowest BCUT2D eigenvalue weighted by Crippen LogP contribution is -2.29. The van der Waals surface area contributed by atoms with Gasteiger partial charge in [0.2, 0.25) is 0 Å². The van der Waals surface area contributed by atoms with Crippen molar-refractivity contribution in [2.75, 3.05) is 14.2 Å². The zero-order valence-electron chi connectivity index (χ0n) is 17.7. The molecule has 0 saturated carbocycles. The van der Waals surface area contributed by atoms with Crippen LogP contribution in [0.4, 0.5) is 0 Å². The van der Waals surface area contributed by atoms with E-state index in [-0.39, 0.29) is 17.9 Å². The second-order valence-corrected chi connectivity index (χ2v) is 7.26. The molecule has 0 aliphatic carbocycles. The van der Waals surface area contributed by atoms with Gasteiger partial charge in [-0.15, -0.1) is 0 Å². The Hall–Kier alpha value is -4.13. The number of pyridine rings is 1. The third kappa shape index (κ3) is 3.80. The molecule has 1 fully saturated rings. The summed E-state index contributed by atoms with van der Waals surface area (Å²) in [6, 6.07) is 16.5. The third-order valence-corrected chi connectivity index (χ3v) is 5.39. The topological polar surface area (TPSA) is 89.0 Å². The van der Waals surface area contributed by atoms with E-state index < -0.39 is 17.7 Å². The quantitative estimate of drug-likeness (QED) is 0.364. The maximum absolute atomic E-state index is 13.2. The number of hydrogen-bond donors (Lipinski definition) is 1. The van der Waals surface area contributed by atoms with Gasteiger partial charge in [-0.05, 0) is 29.8 Å². The van der Waals surface area contributed by atoms with Crippen molar-refractivity contribution in [1.82, 2.24) is 9.88 Å². The molecule has 1 unspecified atom stereocenters. The Bertz CT molecular complexity index is 1180. The van der Waals surface area contributed by atoms with Crippen molar-refractivity contribution in [1.29, 1.82) is 0 Å². The van der Waals surface area contributed by atoms with Crippen LogP contribution in [-0.2, 0) is 16.1 Å². The molecule has 7 heteroatoms. The lowest BCUT2D eigenvalue weighted by Gasteiger charge is -2.27. The van der Waals surface area contributed by atoms with Crippen LogP contribution in [0.5, 0.6) is 11.5 Å². The number of amides is 1. The lowest BCUT2D eigenvalue weighted by molar-refractivity contribution is -0.140. The van der Waals surface area contributed by atoms with E-state index in [0.717, 1.165) is 5.56 Å². The molecule has 1 amide bonds. The Labute approximate surface area is 185 Å². The first-order chi connectivity index (χ1) is 15.5. The number of methoxy groups -OCH3 is 2. The minimum Gasteiger partial charge on any atom is -0.507 e. The molecular weight excluding hydrogens is 408 g/mol. The van der Waals surface area contributed by atoms with Gasteiger partial charge in [-0.2, -0.15) is 0 Å². The highest BCUT2D eigenvalue weighted by molar-refractivity contribution is 6.46. The average molecular weight is 430 g/mol. The number of ether oxygens (including phenoxy) is 2. The number of nitrogens with zero attached hydrogens (tertiary/aromatic N) is 2. The predicted octanol–water partition coefficient (Wildman–Crippen LogP) is 3.72. The zero-order chi connectivity index (χ0) is 22.7. The van der Waals surface area contributed by atoms with E-state index in [4.69, 9.17) is 9.47 Å². The minimum absolute atomic E-state index is 0.00311. The van der Waals surface area contributed by atoms with E-state index >= 15 is 0 Å². The summed E-state index contributed by atoms with van der Waals surface area (Å²) in [5.74, 6) is -0.709. The van der Waals surface area contributed by atoms with Crippen molar-refractivity contribution in [3.05, 3.63) is 95.3 Å². The normalized spacial score (nSPS) is 17.4. The molecule has 3 aromatic rings. The van der Waals surface area contributed by atoms with Crippen LogP contribution in [0.1, 0.15) is 22.7 Å². The molecule has 1 aromatic heterocycles. The number of hydrogen-bond acceptors (Lipinski definition) is 6. The van der Waals surface area contributed by atoms with E-state index in [0.29, 0.717) is 22.6 Å². The van der Waals surface area contributed by atoms with Gasteiger partial charge < -0.3 is 19.5 Å². The first-order valence-electron chi connectivity index (χ1n) is 9.99. The second-order valence-electron chi connectivity index (χ2n) is 7.26. The molecule has 0 radical (unpaired) electrons. The van der Waals surface area contributed by atoms with Gasteiger partial charge in [-0.3, -0.25) is 14.6 Å². The summed E-state index contributed by atoms with van der Waals surface area (Å²) in [7, 11) is 3.04. The number of aromatic nitrogens is 1. The Morgan fingerprint density at radius 3 is 2.47 bits per heavy atom. The van der Waals surface area contributed by atoms with Gasteiger partial charge in [0.05, 0.1) is 25.8 Å². The lowest BCUT2D eigenvalue weighted by atomic mass is 9.94. The van der Waals surface area contributed by atoms with Gasteiger partial charge in [0.25, 0.3) is 11.7 Å². The molecule has 1 atom stereocenters. The monoisotopic (exact) mass is 430 g/mol. The number of aliphatic hydroxyl groups is 1. The summed E-state index contributed by atoms with van der Waals surface area (Å²) in [4.78, 5) is 31.8. The molecule has 1 aliphatic heterocycles. The van der Waals surface area contributed by atoms with Crippen molar-refractivity contribution in [3.63, 3.8) is 0 Å². The van der Waals surface area contributed by atoms with Gasteiger partial charge in [-0.25, -0.2) is 0 Å². The molecule has 1 N–H and O–H groups in total. The fourth-order valence-electron chi connectivity index (χ4n) is 3.86. The van der Waals surface area contributed by atoms with Crippen molar-refractivity contribution in [3.8, 4) is 11.5 Å². The van der Waals surface area contributed by atoms with E-state index in [1.54, 1.807) is 67.0 Å². The summed E-state index contributed by atoms with van der Waals surface area (Å²) >= 11 is 0. The number of aliphatic hydroxyl groups excluding tert-OH is 1. The molecule has 162 valence electrons. The van der Waals surface area contributed by atoms with Gasteiger partial charge >= 0.3 is 0 Å². The first kappa shape index (κ1) is 21.1. The van der Waals surface area contributed by atoms with E-state index in [2.05, 4.69) is 4.98 Å². The number of Topliss-reactive ketones (excluding diaryl/α,β-unsaturated/α-hetero) is 1. The minimum atomic E-state index is -0.875. The van der Waals surface area contributed by atoms with Crippen molar-refractivity contribution < 1.29 is 24.2 Å². The van der Waals surface area contributed by atoms with Crippen LogP contribution in [0.15, 0.2) is 78.6 Å². The van der Waals surface area contributed by atoms with Crippen LogP contribution in [0.3, 0.4) is 0 Å². The van der Waals surface area contributed by atoms with Gasteiger partial charge in [-0.1, -0.05) is 36.4 Å². The van der Waals surface area contributed by atoms with Crippen LogP contribution in [0.2, 0.25) is 0 Å². The number of benzene rings is 2. The standard InChI is InChI=1S/C25H22N2O5/c1-31-18-10-11-20(32-2)19(13-18)22-21(23(28)17-8-4-3-5-9-17)24(29)25(30)27(22)15-16-7-6-12-26-14-16/h3-14,22,28H,15H2,1-2H3. The summed E-state index contributed by atoms with van der Waals surface area (Å²) in [6.07, 6.45) is 3.27. The maximum Gasteiger partial charge on any atom is 0.295 e. The third-order valence-electron chi connectivity index (χ3n) is 5.39. The van der Waals surface area contributed by atoms with Gasteiger partial charge in [0.1, 0.15) is 17.3 Å². The number of rotatable bonds is 6. The Morgan fingerprint density at radius 1 is 1.03 bits per heavy atom. The molecule has 7 nitrogen and oxygen atoms in total. The Morgan fingerprint density at radius 2 is 1.81 bits per heavy atom. The number of ketones is 1. The van der Waals surface area contributed by atoms with E-state index in [9.17, 15) is 14.7 Å². The summed E-state index contributed by atoms with van der Waals surface area (Å²) in [5.41, 5.74) is 1.73. The molecule has 2 aromatic carbocycles. The fourth-order valence-corrected chi connectivity index (χ4v) is 3.86. The van der Waals surface area contributed by atoms with E-state index in [1.807, 2.05) is 6.07 Å². The zero-order valence-corrected chi connectivity index (χ0v) is 17.7. The van der Waals surface area contributed by atoms with Crippen LogP contribution in [-0.4, -0.2) is 40.9 Å². The second kappa shape index (κ2) is 8.93. The van der Waals surface area contributed by atoms with Crippen molar-refractivity contribution >= 4 is 17.4 Å². The largest absolute Gasteiger partial charge is 0.507 e. The molecule has 32 heavy (non-hydrogen) atoms. The highest BCUT2D eigenvalue weighted by Gasteiger charge is 2.47. The van der Waals surface area contributed by atoms with Crippen molar-refractivity contribution in [2.45, 2.75) is 12.6 Å². The fraction of sp³-hybridized carbons (Fsp3) is 0.160. The molecule has 1 saturated heterocycles.